The summed E-state index contributed by atoms with van der Waals surface area (Å²) in [5, 5.41) is 27.1. The first-order valence-electron chi connectivity index (χ1n) is 5.56. The fourth-order valence-corrected chi connectivity index (χ4v) is 1.88. The summed E-state index contributed by atoms with van der Waals surface area (Å²) in [6.07, 6.45) is -0.0486. The first kappa shape index (κ1) is 12.8. The van der Waals surface area contributed by atoms with Crippen LogP contribution in [0, 0.1) is 10.1 Å². The quantitative estimate of drug-likeness (QED) is 0.623. The van der Waals surface area contributed by atoms with Crippen LogP contribution in [0.5, 0.6) is 0 Å². The van der Waals surface area contributed by atoms with Gasteiger partial charge in [0, 0.05) is 19.7 Å². The zero-order chi connectivity index (χ0) is 14.0. The second kappa shape index (κ2) is 4.92. The van der Waals surface area contributed by atoms with Crippen LogP contribution in [0.15, 0.2) is 18.2 Å². The summed E-state index contributed by atoms with van der Waals surface area (Å²) >= 11 is 0. The molecule has 0 amide bonds. The summed E-state index contributed by atoms with van der Waals surface area (Å²) in [5.74, 6) is -0.471. The lowest BCUT2D eigenvalue weighted by molar-refractivity contribution is -0.383. The van der Waals surface area contributed by atoms with E-state index in [0.717, 1.165) is 0 Å². The number of nitro benzene ring substituents is 1. The summed E-state index contributed by atoms with van der Waals surface area (Å²) in [5.41, 5.74) is 0.379. The molecule has 0 aliphatic carbocycles. The molecule has 19 heavy (non-hydrogen) atoms. The number of aromatic nitrogens is 2. The molecule has 8 nitrogen and oxygen atoms in total. The van der Waals surface area contributed by atoms with Gasteiger partial charge in [-0.15, -0.1) is 0 Å². The van der Waals surface area contributed by atoms with Gasteiger partial charge in [0.1, 0.15) is 5.52 Å². The molecule has 0 fully saturated rings. The van der Waals surface area contributed by atoms with Crippen LogP contribution >= 0.6 is 0 Å². The molecule has 1 heterocycles. The van der Waals surface area contributed by atoms with Crippen LogP contribution in [0.2, 0.25) is 0 Å². The van der Waals surface area contributed by atoms with Gasteiger partial charge in [0.05, 0.1) is 16.7 Å². The Balaban J connectivity index is 2.39. The number of benzene rings is 1. The minimum atomic E-state index is -0.918. The zero-order valence-electron chi connectivity index (χ0n) is 10.2. The van der Waals surface area contributed by atoms with E-state index in [1.165, 1.54) is 10.7 Å². The summed E-state index contributed by atoms with van der Waals surface area (Å²) in [7, 11) is 1.61. The van der Waals surface area contributed by atoms with Crippen LogP contribution in [0.4, 0.5) is 11.5 Å². The van der Waals surface area contributed by atoms with Crippen LogP contribution in [-0.4, -0.2) is 32.3 Å². The minimum Gasteiger partial charge on any atom is -0.481 e. The molecule has 0 saturated carbocycles. The van der Waals surface area contributed by atoms with Crippen LogP contribution in [-0.2, 0) is 11.8 Å². The third-order valence-electron chi connectivity index (χ3n) is 2.67. The van der Waals surface area contributed by atoms with E-state index in [9.17, 15) is 14.9 Å². The number of carbonyl (C=O) groups is 1. The second-order valence-corrected chi connectivity index (χ2v) is 3.97. The number of carboxylic acid groups (broad SMARTS) is 1. The molecule has 2 N–H and O–H groups in total. The Morgan fingerprint density at radius 1 is 1.58 bits per heavy atom. The molecule has 0 aliphatic heterocycles. The van der Waals surface area contributed by atoms with Crippen molar-refractivity contribution in [1.82, 2.24) is 9.78 Å². The van der Waals surface area contributed by atoms with Gasteiger partial charge in [0.15, 0.2) is 5.82 Å². The third kappa shape index (κ3) is 2.46. The number of aliphatic carboxylic acids is 1. The molecule has 100 valence electrons. The van der Waals surface area contributed by atoms with Crippen LogP contribution in [0.25, 0.3) is 10.9 Å². The van der Waals surface area contributed by atoms with E-state index >= 15 is 0 Å². The van der Waals surface area contributed by atoms with Crippen LogP contribution in [0.1, 0.15) is 6.42 Å². The molecule has 1 aromatic carbocycles. The Kier molecular flexibility index (Phi) is 3.32. The number of hydrogen-bond donors (Lipinski definition) is 2. The lowest BCUT2D eigenvalue weighted by Gasteiger charge is -2.00. The molecule has 0 unspecified atom stereocenters. The fourth-order valence-electron chi connectivity index (χ4n) is 1.88. The lowest BCUT2D eigenvalue weighted by Crippen LogP contribution is -2.08. The van der Waals surface area contributed by atoms with Gasteiger partial charge in [0.2, 0.25) is 0 Å². The van der Waals surface area contributed by atoms with E-state index in [1.54, 1.807) is 19.2 Å². The van der Waals surface area contributed by atoms with Crippen molar-refractivity contribution in [3.8, 4) is 0 Å². The number of rotatable bonds is 5. The van der Waals surface area contributed by atoms with Gasteiger partial charge >= 0.3 is 5.97 Å². The summed E-state index contributed by atoms with van der Waals surface area (Å²) < 4.78 is 1.41. The molecule has 0 saturated heterocycles. The molecule has 0 radical (unpaired) electrons. The van der Waals surface area contributed by atoms with Crippen molar-refractivity contribution in [2.24, 2.45) is 7.05 Å². The van der Waals surface area contributed by atoms with E-state index in [1.807, 2.05) is 0 Å². The topological polar surface area (TPSA) is 110 Å². The van der Waals surface area contributed by atoms with Crippen molar-refractivity contribution < 1.29 is 14.8 Å². The number of anilines is 1. The highest BCUT2D eigenvalue weighted by atomic mass is 16.6. The van der Waals surface area contributed by atoms with Gasteiger partial charge < -0.3 is 10.4 Å². The van der Waals surface area contributed by atoms with Gasteiger partial charge in [-0.05, 0) is 6.07 Å². The Morgan fingerprint density at radius 2 is 2.32 bits per heavy atom. The SMILES string of the molecule is Cn1nc(NCCC(=O)O)c2cccc([N+](=O)[O-])c21. The zero-order valence-corrected chi connectivity index (χ0v) is 10.2. The molecular formula is C11H12N4O4. The van der Waals surface area contributed by atoms with E-state index in [0.29, 0.717) is 16.7 Å². The molecule has 0 aliphatic rings. The normalized spacial score (nSPS) is 10.6. The fraction of sp³-hybridized carbons (Fsp3) is 0.273. The number of nitrogens with zero attached hydrogens (tertiary/aromatic N) is 3. The molecule has 0 atom stereocenters. The average Bonchev–Trinajstić information content (AvgIpc) is 2.66. The number of fused-ring (bicyclic) bond motifs is 1. The number of non-ortho nitro benzene ring substituents is 1. The van der Waals surface area contributed by atoms with Gasteiger partial charge in [-0.2, -0.15) is 5.10 Å². The number of aryl methyl sites for hydroxylation is 1. The van der Waals surface area contributed by atoms with Crippen molar-refractivity contribution in [1.29, 1.82) is 0 Å². The second-order valence-electron chi connectivity index (χ2n) is 3.97. The predicted molar refractivity (Wildman–Crippen MR) is 68.1 cm³/mol. The maximum atomic E-state index is 10.9. The molecular weight excluding hydrogens is 252 g/mol. The number of carboxylic acids is 1. The number of para-hydroxylation sites is 1. The molecule has 8 heteroatoms. The molecule has 2 rings (SSSR count). The highest BCUT2D eigenvalue weighted by molar-refractivity contribution is 5.96. The first-order chi connectivity index (χ1) is 9.00. The summed E-state index contributed by atoms with van der Waals surface area (Å²) in [6, 6.07) is 4.69. The van der Waals surface area contributed by atoms with Crippen LogP contribution in [0.3, 0.4) is 0 Å². The standard InChI is InChI=1S/C11H12N4O4/c1-14-10-7(3-2-4-8(10)15(18)19)11(13-14)12-6-5-9(16)17/h2-4H,5-6H2,1H3,(H,12,13)(H,16,17). The van der Waals surface area contributed by atoms with Gasteiger partial charge in [-0.1, -0.05) is 6.07 Å². The van der Waals surface area contributed by atoms with Crippen molar-refractivity contribution in [2.45, 2.75) is 6.42 Å². The van der Waals surface area contributed by atoms with E-state index in [4.69, 9.17) is 5.11 Å². The van der Waals surface area contributed by atoms with Gasteiger partial charge in [0.25, 0.3) is 5.69 Å². The Hall–Kier alpha value is -2.64. The van der Waals surface area contributed by atoms with Crippen molar-refractivity contribution in [3.63, 3.8) is 0 Å². The largest absolute Gasteiger partial charge is 0.481 e. The molecule has 1 aromatic heterocycles. The number of nitrogens with one attached hydrogen (secondary N) is 1. The third-order valence-corrected chi connectivity index (χ3v) is 2.67. The highest BCUT2D eigenvalue weighted by Gasteiger charge is 2.18. The van der Waals surface area contributed by atoms with E-state index in [-0.39, 0.29) is 18.7 Å². The monoisotopic (exact) mass is 264 g/mol. The first-order valence-corrected chi connectivity index (χ1v) is 5.56. The molecule has 2 aromatic rings. The maximum Gasteiger partial charge on any atom is 0.305 e. The number of nitro groups is 1. The predicted octanol–water partition coefficient (Wildman–Crippen LogP) is 1.37. The van der Waals surface area contributed by atoms with Crippen LogP contribution < -0.4 is 5.32 Å². The average molecular weight is 264 g/mol. The van der Waals surface area contributed by atoms with E-state index < -0.39 is 10.9 Å². The summed E-state index contributed by atoms with van der Waals surface area (Å²) in [6.45, 7) is 0.212. The Morgan fingerprint density at radius 3 is 2.95 bits per heavy atom. The lowest BCUT2D eigenvalue weighted by atomic mass is 10.2. The van der Waals surface area contributed by atoms with Gasteiger partial charge in [-0.25, -0.2) is 0 Å². The van der Waals surface area contributed by atoms with Crippen molar-refractivity contribution in [2.75, 3.05) is 11.9 Å². The molecule has 0 spiro atoms. The maximum absolute atomic E-state index is 10.9. The highest BCUT2D eigenvalue weighted by Crippen LogP contribution is 2.29. The smallest absolute Gasteiger partial charge is 0.305 e. The Bertz CT molecular complexity index is 649. The van der Waals surface area contributed by atoms with Crippen molar-refractivity contribution in [3.05, 3.63) is 28.3 Å². The Labute approximate surface area is 107 Å². The summed E-state index contributed by atoms with van der Waals surface area (Å²) in [4.78, 5) is 20.9. The number of hydrogen-bond acceptors (Lipinski definition) is 5. The van der Waals surface area contributed by atoms with Gasteiger partial charge in [-0.3, -0.25) is 19.6 Å². The molecule has 0 bridgehead atoms. The van der Waals surface area contributed by atoms with Crippen molar-refractivity contribution >= 4 is 28.4 Å². The minimum absolute atomic E-state index is 0.0289. The van der Waals surface area contributed by atoms with E-state index in [2.05, 4.69) is 10.4 Å².